The first-order chi connectivity index (χ1) is 9.82. The molecule has 126 valence electrons. The van der Waals surface area contributed by atoms with E-state index in [4.69, 9.17) is 9.47 Å². The average Bonchev–Trinajstić information content (AvgIpc) is 2.68. The quantitative estimate of drug-likeness (QED) is 0.785. The van der Waals surface area contributed by atoms with Crippen molar-refractivity contribution in [1.29, 1.82) is 0 Å². The van der Waals surface area contributed by atoms with Crippen molar-refractivity contribution in [3.63, 3.8) is 0 Å². The summed E-state index contributed by atoms with van der Waals surface area (Å²) < 4.78 is 10.5. The molecule has 0 bridgehead atoms. The average molecular weight is 315 g/mol. The van der Waals surface area contributed by atoms with Gasteiger partial charge in [0, 0.05) is 0 Å². The zero-order chi connectivity index (χ0) is 17.3. The molecule has 0 saturated carbocycles. The number of hydrogen-bond donors (Lipinski definition) is 1. The number of hydrogen-bond acceptors (Lipinski definition) is 5. The van der Waals surface area contributed by atoms with Gasteiger partial charge >= 0.3 is 18.0 Å². The SMILES string of the molecule is CC(C)(C)OC(=O)[C@@H]1CC[C@H](C(=O)O)N1C(=O)OC(C)(C)C. The first-order valence-corrected chi connectivity index (χ1v) is 7.29. The Kier molecular flexibility index (Phi) is 5.10. The number of rotatable bonds is 2. The summed E-state index contributed by atoms with van der Waals surface area (Å²) >= 11 is 0. The van der Waals surface area contributed by atoms with E-state index in [1.807, 2.05) is 0 Å². The molecule has 1 N–H and O–H groups in total. The lowest BCUT2D eigenvalue weighted by Gasteiger charge is -2.31. The van der Waals surface area contributed by atoms with Gasteiger partial charge in [-0.25, -0.2) is 14.4 Å². The van der Waals surface area contributed by atoms with Crippen LogP contribution in [0.15, 0.2) is 0 Å². The van der Waals surface area contributed by atoms with E-state index >= 15 is 0 Å². The molecular formula is C15H25NO6. The summed E-state index contributed by atoms with van der Waals surface area (Å²) in [6.07, 6.45) is -0.378. The molecule has 0 aromatic rings. The van der Waals surface area contributed by atoms with E-state index in [1.165, 1.54) is 0 Å². The predicted molar refractivity (Wildman–Crippen MR) is 78.4 cm³/mol. The monoisotopic (exact) mass is 315 g/mol. The molecule has 1 rings (SSSR count). The van der Waals surface area contributed by atoms with Gasteiger partial charge in [-0.05, 0) is 54.4 Å². The van der Waals surface area contributed by atoms with Crippen LogP contribution in [0.4, 0.5) is 4.79 Å². The van der Waals surface area contributed by atoms with Crippen molar-refractivity contribution in [3.05, 3.63) is 0 Å². The van der Waals surface area contributed by atoms with Crippen LogP contribution in [-0.2, 0) is 19.1 Å². The number of carbonyl (C=O) groups excluding carboxylic acids is 2. The van der Waals surface area contributed by atoms with Gasteiger partial charge in [0.05, 0.1) is 0 Å². The number of ether oxygens (including phenoxy) is 2. The summed E-state index contributed by atoms with van der Waals surface area (Å²) in [4.78, 5) is 36.9. The lowest BCUT2D eigenvalue weighted by molar-refractivity contribution is -0.161. The fourth-order valence-electron chi connectivity index (χ4n) is 2.22. The van der Waals surface area contributed by atoms with Crippen molar-refractivity contribution < 1.29 is 29.0 Å². The van der Waals surface area contributed by atoms with Crippen LogP contribution in [0.5, 0.6) is 0 Å². The second-order valence-corrected chi connectivity index (χ2v) is 7.37. The minimum atomic E-state index is -1.16. The first-order valence-electron chi connectivity index (χ1n) is 7.29. The maximum Gasteiger partial charge on any atom is 0.411 e. The lowest BCUT2D eigenvalue weighted by atomic mass is 10.1. The van der Waals surface area contributed by atoms with E-state index in [0.717, 1.165) is 4.90 Å². The van der Waals surface area contributed by atoms with Gasteiger partial charge in [0.15, 0.2) is 0 Å². The third-order valence-electron chi connectivity index (χ3n) is 2.95. The van der Waals surface area contributed by atoms with Crippen LogP contribution in [0.25, 0.3) is 0 Å². The van der Waals surface area contributed by atoms with Crippen LogP contribution >= 0.6 is 0 Å². The Morgan fingerprint density at radius 2 is 1.36 bits per heavy atom. The Bertz CT molecular complexity index is 460. The van der Waals surface area contributed by atoms with E-state index in [-0.39, 0.29) is 12.8 Å². The molecule has 1 fully saturated rings. The molecule has 7 heteroatoms. The molecule has 0 radical (unpaired) electrons. The van der Waals surface area contributed by atoms with Crippen molar-refractivity contribution in [2.24, 2.45) is 0 Å². The molecule has 7 nitrogen and oxygen atoms in total. The highest BCUT2D eigenvalue weighted by Gasteiger charge is 2.47. The van der Waals surface area contributed by atoms with Crippen LogP contribution in [0.1, 0.15) is 54.4 Å². The fraction of sp³-hybridized carbons (Fsp3) is 0.800. The van der Waals surface area contributed by atoms with Gasteiger partial charge in [-0.15, -0.1) is 0 Å². The molecule has 1 aliphatic rings. The van der Waals surface area contributed by atoms with Gasteiger partial charge in [-0.2, -0.15) is 0 Å². The molecular weight excluding hydrogens is 290 g/mol. The summed E-state index contributed by atoms with van der Waals surface area (Å²) in [7, 11) is 0. The van der Waals surface area contributed by atoms with E-state index < -0.39 is 41.3 Å². The Balaban J connectivity index is 2.99. The minimum absolute atomic E-state index is 0.193. The maximum atomic E-state index is 12.3. The molecule has 0 aromatic heterocycles. The largest absolute Gasteiger partial charge is 0.480 e. The molecule has 0 aliphatic carbocycles. The number of amides is 1. The van der Waals surface area contributed by atoms with E-state index in [0.29, 0.717) is 0 Å². The number of aliphatic carboxylic acids is 1. The summed E-state index contributed by atoms with van der Waals surface area (Å²) in [6, 6.07) is -2.01. The summed E-state index contributed by atoms with van der Waals surface area (Å²) in [5.74, 6) is -1.76. The van der Waals surface area contributed by atoms with Gasteiger partial charge in [-0.3, -0.25) is 4.90 Å². The zero-order valence-electron chi connectivity index (χ0n) is 14.0. The number of esters is 1. The molecule has 22 heavy (non-hydrogen) atoms. The van der Waals surface area contributed by atoms with Crippen LogP contribution < -0.4 is 0 Å². The van der Waals surface area contributed by atoms with Gasteiger partial charge in [0.25, 0.3) is 0 Å². The van der Waals surface area contributed by atoms with Crippen molar-refractivity contribution in [1.82, 2.24) is 4.90 Å². The highest BCUT2D eigenvalue weighted by Crippen LogP contribution is 2.28. The number of likely N-dealkylation sites (tertiary alicyclic amines) is 1. The first kappa shape index (κ1) is 18.3. The van der Waals surface area contributed by atoms with E-state index in [1.54, 1.807) is 41.5 Å². The highest BCUT2D eigenvalue weighted by molar-refractivity contribution is 5.87. The standard InChI is InChI=1S/C15H25NO6/c1-14(2,3)21-12(19)10-8-7-9(11(17)18)16(10)13(20)22-15(4,5)6/h9-10H,7-8H2,1-6H3,(H,17,18)/t9-,10+/m1/s1. The molecule has 1 heterocycles. The molecule has 0 spiro atoms. The van der Waals surface area contributed by atoms with Crippen molar-refractivity contribution in [3.8, 4) is 0 Å². The molecule has 0 unspecified atom stereocenters. The highest BCUT2D eigenvalue weighted by atomic mass is 16.6. The van der Waals surface area contributed by atoms with E-state index in [9.17, 15) is 19.5 Å². The summed E-state index contributed by atoms with van der Waals surface area (Å²) in [6.45, 7) is 10.2. The third-order valence-corrected chi connectivity index (χ3v) is 2.95. The second kappa shape index (κ2) is 6.14. The predicted octanol–water partition coefficient (Wildman–Crippen LogP) is 2.18. The van der Waals surface area contributed by atoms with Gasteiger partial charge in [-0.1, -0.05) is 0 Å². The Hall–Kier alpha value is -1.79. The lowest BCUT2D eigenvalue weighted by Crippen LogP contribution is -2.50. The molecule has 1 saturated heterocycles. The Morgan fingerprint density at radius 3 is 1.77 bits per heavy atom. The minimum Gasteiger partial charge on any atom is -0.480 e. The van der Waals surface area contributed by atoms with Crippen molar-refractivity contribution >= 4 is 18.0 Å². The van der Waals surface area contributed by atoms with E-state index in [2.05, 4.69) is 0 Å². The number of carbonyl (C=O) groups is 3. The van der Waals surface area contributed by atoms with Crippen LogP contribution in [-0.4, -0.2) is 51.3 Å². The molecule has 0 aromatic carbocycles. The number of carboxylic acids is 1. The second-order valence-electron chi connectivity index (χ2n) is 7.37. The van der Waals surface area contributed by atoms with Crippen molar-refractivity contribution in [2.45, 2.75) is 77.7 Å². The van der Waals surface area contributed by atoms with Crippen LogP contribution in [0.2, 0.25) is 0 Å². The molecule has 1 aliphatic heterocycles. The number of nitrogens with zero attached hydrogens (tertiary/aromatic N) is 1. The Morgan fingerprint density at radius 1 is 0.909 bits per heavy atom. The normalized spacial score (nSPS) is 22.4. The fourth-order valence-corrected chi connectivity index (χ4v) is 2.22. The van der Waals surface area contributed by atoms with Gasteiger partial charge in [0.2, 0.25) is 0 Å². The molecule has 1 amide bonds. The zero-order valence-corrected chi connectivity index (χ0v) is 14.0. The van der Waals surface area contributed by atoms with Gasteiger partial charge in [0.1, 0.15) is 23.3 Å². The van der Waals surface area contributed by atoms with Crippen LogP contribution in [0.3, 0.4) is 0 Å². The summed E-state index contributed by atoms with van der Waals surface area (Å²) in [5, 5.41) is 9.26. The van der Waals surface area contributed by atoms with Gasteiger partial charge < -0.3 is 14.6 Å². The Labute approximate surface area is 130 Å². The van der Waals surface area contributed by atoms with Crippen LogP contribution in [0, 0.1) is 0 Å². The van der Waals surface area contributed by atoms with Crippen molar-refractivity contribution in [2.75, 3.05) is 0 Å². The maximum absolute atomic E-state index is 12.3. The molecule has 2 atom stereocenters. The smallest absolute Gasteiger partial charge is 0.411 e. The third kappa shape index (κ3) is 4.89. The summed E-state index contributed by atoms with van der Waals surface area (Å²) in [5.41, 5.74) is -1.49. The topological polar surface area (TPSA) is 93.1 Å². The number of carboxylic acid groups (broad SMARTS) is 1.